The second-order valence-electron chi connectivity index (χ2n) is 16.5. The van der Waals surface area contributed by atoms with Gasteiger partial charge < -0.3 is 19.2 Å². The lowest BCUT2D eigenvalue weighted by Crippen LogP contribution is -2.49. The number of aliphatic hydroxyl groups is 1. The van der Waals surface area contributed by atoms with Crippen LogP contribution in [0.2, 0.25) is 23.2 Å². The summed E-state index contributed by atoms with van der Waals surface area (Å²) in [7, 11) is -6.25. The Balaban J connectivity index is 1.36. The van der Waals surface area contributed by atoms with Crippen molar-refractivity contribution >= 4 is 41.5 Å². The maximum absolute atomic E-state index is 13.8. The van der Waals surface area contributed by atoms with E-state index in [0.29, 0.717) is 31.9 Å². The number of hydrogen-bond donors (Lipinski definition) is 2. The van der Waals surface area contributed by atoms with Crippen molar-refractivity contribution < 1.29 is 27.5 Å². The van der Waals surface area contributed by atoms with Gasteiger partial charge in [-0.25, -0.2) is 13.1 Å². The minimum Gasteiger partial charge on any atom is -0.490 e. The number of carbonyl (C=O) groups excluding carboxylic acids is 1. The molecule has 2 heterocycles. The highest BCUT2D eigenvalue weighted by Gasteiger charge is 2.45. The fraction of sp³-hybridized carbons (Fsp3) is 0.605. The quantitative estimate of drug-likeness (QED) is 0.254. The molecule has 0 radical (unpaired) electrons. The van der Waals surface area contributed by atoms with Crippen LogP contribution in [0, 0.1) is 17.8 Å². The monoisotopic (exact) mass is 728 g/mol. The zero-order valence-corrected chi connectivity index (χ0v) is 32.4. The van der Waals surface area contributed by atoms with Gasteiger partial charge in [0.1, 0.15) is 5.75 Å². The molecule has 2 bridgehead atoms. The second kappa shape index (κ2) is 13.6. The third kappa shape index (κ3) is 7.36. The van der Waals surface area contributed by atoms with Crippen LogP contribution >= 0.6 is 11.6 Å². The van der Waals surface area contributed by atoms with Crippen LogP contribution in [0.3, 0.4) is 0 Å². The first-order valence-corrected chi connectivity index (χ1v) is 22.7. The third-order valence-corrected chi connectivity index (χ3v) is 18.9. The molecule has 49 heavy (non-hydrogen) atoms. The molecule has 2 aliphatic carbocycles. The number of allylic oxidation sites excluding steroid dienone is 1. The zero-order chi connectivity index (χ0) is 35.4. The van der Waals surface area contributed by atoms with Crippen LogP contribution in [0.25, 0.3) is 0 Å². The first-order valence-electron chi connectivity index (χ1n) is 17.8. The third-order valence-electron chi connectivity index (χ3n) is 12.3. The molecule has 11 heteroatoms. The topological polar surface area (TPSA) is 105 Å². The van der Waals surface area contributed by atoms with Crippen molar-refractivity contribution in [2.45, 2.75) is 101 Å². The molecule has 1 amide bonds. The van der Waals surface area contributed by atoms with Crippen LogP contribution in [0.1, 0.15) is 81.3 Å². The van der Waals surface area contributed by atoms with Crippen molar-refractivity contribution in [3.05, 3.63) is 70.3 Å². The summed E-state index contributed by atoms with van der Waals surface area (Å²) < 4.78 is 43.1. The summed E-state index contributed by atoms with van der Waals surface area (Å²) in [6.45, 7) is 14.5. The standard InChI is InChI=1S/C38H53ClN2O6SSi/c1-25-29(22-47-49(5,6)37(2,3)4)9-7-11-34(42)31-15-12-28(31)21-41-23-38(18-8-10-26-19-30(39)14-16-32(26)38)24-46-35-17-13-27(20-33(35)41)36(43)40-48(25,44)45/h7,11,13-14,16-17,19-20,25,28-29,31,34,42H,8-10,12,15,18,21-24H2,1-6H3,(H,40,43)/b11-7+/t25-,28+,29-,31-,34+,38+/m1/s1. The summed E-state index contributed by atoms with van der Waals surface area (Å²) in [4.78, 5) is 16.1. The normalized spacial score (nSPS) is 31.0. The van der Waals surface area contributed by atoms with Crippen molar-refractivity contribution in [2.24, 2.45) is 17.8 Å². The van der Waals surface area contributed by atoms with E-state index in [1.807, 2.05) is 18.2 Å². The molecular formula is C38H53ClN2O6SSi. The molecule has 8 nitrogen and oxygen atoms in total. The fourth-order valence-corrected chi connectivity index (χ4v) is 10.3. The van der Waals surface area contributed by atoms with Gasteiger partial charge in [-0.1, -0.05) is 50.6 Å². The van der Waals surface area contributed by atoms with Crippen LogP contribution < -0.4 is 14.4 Å². The molecule has 2 N–H and O–H groups in total. The first kappa shape index (κ1) is 36.4. The largest absolute Gasteiger partial charge is 0.490 e. The lowest BCUT2D eigenvalue weighted by Gasteiger charge is -2.45. The molecule has 6 rings (SSSR count). The van der Waals surface area contributed by atoms with Gasteiger partial charge in [0, 0.05) is 41.6 Å². The molecule has 0 unspecified atom stereocenters. The summed E-state index contributed by atoms with van der Waals surface area (Å²) in [6.07, 6.45) is 8.39. The predicted molar refractivity (Wildman–Crippen MR) is 199 cm³/mol. The predicted octanol–water partition coefficient (Wildman–Crippen LogP) is 7.25. The molecule has 0 saturated heterocycles. The average Bonchev–Trinajstić information content (AvgIpc) is 3.16. The van der Waals surface area contributed by atoms with Gasteiger partial charge in [0.2, 0.25) is 10.0 Å². The van der Waals surface area contributed by atoms with E-state index in [2.05, 4.69) is 55.6 Å². The van der Waals surface area contributed by atoms with Crippen LogP contribution in [0.4, 0.5) is 5.69 Å². The number of amides is 1. The Hall–Kier alpha value is -2.37. The SMILES string of the molecule is C[C@@H]1[C@@H](CO[Si](C)(C)C(C)(C)C)C/C=C/[C@H](O)[C@@H]2CC[C@H]2CN2C[C@@]3(CCCc4cc(Cl)ccc43)COc3ccc(cc32)C(=O)NS1(=O)=O. The van der Waals surface area contributed by atoms with E-state index in [4.69, 9.17) is 20.8 Å². The Bertz CT molecular complexity index is 1710. The number of anilines is 1. The highest BCUT2D eigenvalue weighted by molar-refractivity contribution is 7.90. The summed E-state index contributed by atoms with van der Waals surface area (Å²) in [5, 5.41) is 11.2. The van der Waals surface area contributed by atoms with Gasteiger partial charge in [0.25, 0.3) is 5.91 Å². The minimum absolute atomic E-state index is 0.0381. The van der Waals surface area contributed by atoms with Crippen LogP contribution in [-0.2, 0) is 26.3 Å². The molecule has 1 fully saturated rings. The van der Waals surface area contributed by atoms with E-state index in [1.54, 1.807) is 25.1 Å². The Kier molecular flexibility index (Phi) is 10.1. The molecule has 4 aliphatic rings. The summed E-state index contributed by atoms with van der Waals surface area (Å²) in [6, 6.07) is 11.4. The molecule has 2 aromatic carbocycles. The van der Waals surface area contributed by atoms with E-state index in [9.17, 15) is 18.3 Å². The van der Waals surface area contributed by atoms with Crippen molar-refractivity contribution in [1.29, 1.82) is 0 Å². The number of aryl methyl sites for hydroxylation is 1. The van der Waals surface area contributed by atoms with Gasteiger partial charge in [0.15, 0.2) is 8.32 Å². The lowest BCUT2D eigenvalue weighted by molar-refractivity contribution is 0.0455. The Morgan fingerprint density at radius 3 is 2.65 bits per heavy atom. The molecule has 1 saturated carbocycles. The van der Waals surface area contributed by atoms with Crippen molar-refractivity contribution in [1.82, 2.24) is 4.72 Å². The van der Waals surface area contributed by atoms with Gasteiger partial charge in [0.05, 0.1) is 23.6 Å². The number of fused-ring (bicyclic) bond motifs is 4. The number of benzene rings is 2. The molecule has 2 aliphatic heterocycles. The average molecular weight is 729 g/mol. The van der Waals surface area contributed by atoms with Crippen LogP contribution in [0.15, 0.2) is 48.6 Å². The highest BCUT2D eigenvalue weighted by atomic mass is 35.5. The Labute approximate surface area is 298 Å². The number of halogens is 1. The number of hydrogen-bond acceptors (Lipinski definition) is 7. The molecular weight excluding hydrogens is 676 g/mol. The summed E-state index contributed by atoms with van der Waals surface area (Å²) >= 11 is 6.42. The van der Waals surface area contributed by atoms with Crippen molar-refractivity contribution in [2.75, 3.05) is 31.2 Å². The van der Waals surface area contributed by atoms with Gasteiger partial charge in [-0.2, -0.15) is 0 Å². The molecule has 2 aromatic rings. The maximum Gasteiger partial charge on any atom is 0.264 e. The first-order chi connectivity index (χ1) is 23.0. The molecule has 0 aromatic heterocycles. The van der Waals surface area contributed by atoms with Crippen molar-refractivity contribution in [3.63, 3.8) is 0 Å². The van der Waals surface area contributed by atoms with E-state index in [0.717, 1.165) is 42.8 Å². The number of aliphatic hydroxyl groups excluding tert-OH is 1. The number of rotatable bonds is 3. The second-order valence-corrected chi connectivity index (χ2v) is 23.7. The summed E-state index contributed by atoms with van der Waals surface area (Å²) in [5.41, 5.74) is 3.26. The van der Waals surface area contributed by atoms with Gasteiger partial charge in [-0.3, -0.25) is 4.79 Å². The minimum atomic E-state index is -4.08. The number of nitrogens with one attached hydrogen (secondary N) is 1. The zero-order valence-electron chi connectivity index (χ0n) is 29.8. The van der Waals surface area contributed by atoms with Gasteiger partial charge in [-0.05, 0) is 117 Å². The smallest absolute Gasteiger partial charge is 0.264 e. The van der Waals surface area contributed by atoms with E-state index in [1.165, 1.54) is 11.1 Å². The summed E-state index contributed by atoms with van der Waals surface area (Å²) in [5.74, 6) is -0.0627. The lowest BCUT2D eigenvalue weighted by atomic mass is 9.68. The van der Waals surface area contributed by atoms with Crippen LogP contribution in [0.5, 0.6) is 5.75 Å². The Morgan fingerprint density at radius 2 is 1.94 bits per heavy atom. The van der Waals surface area contributed by atoms with Crippen molar-refractivity contribution in [3.8, 4) is 5.75 Å². The number of nitrogens with zero attached hydrogens (tertiary/aromatic N) is 1. The van der Waals surface area contributed by atoms with Gasteiger partial charge in [-0.15, -0.1) is 0 Å². The Morgan fingerprint density at radius 1 is 1.16 bits per heavy atom. The van der Waals surface area contributed by atoms with E-state index < -0.39 is 41.5 Å². The number of carbonyl (C=O) groups is 1. The molecule has 6 atom stereocenters. The maximum atomic E-state index is 13.8. The fourth-order valence-electron chi connectivity index (χ4n) is 7.81. The van der Waals surface area contributed by atoms with E-state index >= 15 is 0 Å². The molecule has 268 valence electrons. The molecule has 1 spiro atoms. The van der Waals surface area contributed by atoms with E-state index in [-0.39, 0.29) is 34.5 Å². The van der Waals surface area contributed by atoms with Gasteiger partial charge >= 0.3 is 0 Å². The number of ether oxygens (including phenoxy) is 1. The highest BCUT2D eigenvalue weighted by Crippen LogP contribution is 2.47. The number of sulfonamides is 1. The van der Waals surface area contributed by atoms with Crippen LogP contribution in [-0.4, -0.2) is 65.4 Å².